The van der Waals surface area contributed by atoms with Gasteiger partial charge in [-0.25, -0.2) is 4.98 Å². The first-order chi connectivity index (χ1) is 10.3. The van der Waals surface area contributed by atoms with Crippen molar-refractivity contribution in [2.24, 2.45) is 0 Å². The lowest BCUT2D eigenvalue weighted by Gasteiger charge is -2.33. The van der Waals surface area contributed by atoms with Crippen LogP contribution in [0.3, 0.4) is 0 Å². The van der Waals surface area contributed by atoms with Gasteiger partial charge in [0.05, 0.1) is 29.7 Å². The second kappa shape index (κ2) is 6.08. The Hall–Kier alpha value is -2.16. The van der Waals surface area contributed by atoms with Gasteiger partial charge in [0, 0.05) is 32.4 Å². The normalized spacial score (nSPS) is 19.3. The maximum Gasteiger partial charge on any atom is 0.0991 e. The number of nitrogens with one attached hydrogen (secondary N) is 1. The van der Waals surface area contributed by atoms with Crippen molar-refractivity contribution in [2.45, 2.75) is 12.6 Å². The van der Waals surface area contributed by atoms with E-state index in [9.17, 15) is 0 Å². The largest absolute Gasteiger partial charge is 0.329 e. The molecule has 0 saturated carbocycles. The number of hydrogen-bond acceptors (Lipinski definition) is 4. The van der Waals surface area contributed by atoms with Crippen LogP contribution in [0.4, 0.5) is 0 Å². The Labute approximate surface area is 124 Å². The number of nitriles is 1. The van der Waals surface area contributed by atoms with Crippen molar-refractivity contribution in [3.8, 4) is 6.07 Å². The number of likely N-dealkylation sites (N-methyl/N-ethyl adjacent to an activating group) is 1. The number of piperazine rings is 1. The summed E-state index contributed by atoms with van der Waals surface area (Å²) in [6.45, 7) is 3.82. The third-order valence-electron chi connectivity index (χ3n) is 4.03. The molecule has 21 heavy (non-hydrogen) atoms. The van der Waals surface area contributed by atoms with E-state index in [2.05, 4.69) is 32.9 Å². The molecule has 1 aromatic carbocycles. The Morgan fingerprint density at radius 3 is 2.90 bits per heavy atom. The molecule has 1 N–H and O–H groups in total. The van der Waals surface area contributed by atoms with Crippen LogP contribution in [0.5, 0.6) is 0 Å². The second-order valence-corrected chi connectivity index (χ2v) is 5.46. The Morgan fingerprint density at radius 1 is 1.38 bits per heavy atom. The molecular weight excluding hydrogens is 262 g/mol. The summed E-state index contributed by atoms with van der Waals surface area (Å²) >= 11 is 0. The van der Waals surface area contributed by atoms with Crippen LogP contribution >= 0.6 is 0 Å². The van der Waals surface area contributed by atoms with E-state index >= 15 is 0 Å². The molecule has 1 atom stereocenters. The number of rotatable bonds is 3. The van der Waals surface area contributed by atoms with E-state index in [0.717, 1.165) is 26.2 Å². The lowest BCUT2D eigenvalue weighted by molar-refractivity contribution is 0.195. The van der Waals surface area contributed by atoms with Gasteiger partial charge in [-0.05, 0) is 24.7 Å². The molecule has 0 amide bonds. The monoisotopic (exact) mass is 281 g/mol. The zero-order valence-electron chi connectivity index (χ0n) is 12.2. The van der Waals surface area contributed by atoms with Gasteiger partial charge >= 0.3 is 0 Å². The minimum absolute atomic E-state index is 0.361. The van der Waals surface area contributed by atoms with Crippen LogP contribution in [0.1, 0.15) is 22.9 Å². The number of hydrogen-bond donors (Lipinski definition) is 1. The molecule has 108 valence electrons. The van der Waals surface area contributed by atoms with Gasteiger partial charge in [0.2, 0.25) is 0 Å². The maximum atomic E-state index is 8.85. The van der Waals surface area contributed by atoms with Gasteiger partial charge in [-0.1, -0.05) is 12.1 Å². The third kappa shape index (κ3) is 2.97. The Kier molecular flexibility index (Phi) is 4.00. The van der Waals surface area contributed by atoms with Crippen molar-refractivity contribution in [2.75, 3.05) is 26.7 Å². The van der Waals surface area contributed by atoms with E-state index in [0.29, 0.717) is 11.6 Å². The van der Waals surface area contributed by atoms with Gasteiger partial charge in [-0.2, -0.15) is 5.26 Å². The fourth-order valence-corrected chi connectivity index (χ4v) is 2.76. The zero-order chi connectivity index (χ0) is 14.7. The molecule has 0 bridgehead atoms. The van der Waals surface area contributed by atoms with Crippen LogP contribution in [-0.2, 0) is 6.54 Å². The molecule has 1 saturated heterocycles. The highest BCUT2D eigenvalue weighted by atomic mass is 15.2. The summed E-state index contributed by atoms with van der Waals surface area (Å²) in [5, 5.41) is 12.3. The molecule has 3 rings (SSSR count). The van der Waals surface area contributed by atoms with Crippen molar-refractivity contribution in [3.63, 3.8) is 0 Å². The topological polar surface area (TPSA) is 56.9 Å². The standard InChI is InChI=1S/C16H19N5/c1-20-7-6-18-9-15(20)16-10-19-12-21(16)11-14-4-2-13(8-17)3-5-14/h2-5,10,12,15,18H,6-7,9,11H2,1H3. The minimum Gasteiger partial charge on any atom is -0.329 e. The maximum absolute atomic E-state index is 8.85. The highest BCUT2D eigenvalue weighted by Gasteiger charge is 2.23. The summed E-state index contributed by atoms with van der Waals surface area (Å²) < 4.78 is 2.19. The summed E-state index contributed by atoms with van der Waals surface area (Å²) in [6.07, 6.45) is 3.84. The van der Waals surface area contributed by atoms with Gasteiger partial charge in [-0.3, -0.25) is 4.90 Å². The molecule has 1 aromatic heterocycles. The van der Waals surface area contributed by atoms with E-state index in [-0.39, 0.29) is 0 Å². The third-order valence-corrected chi connectivity index (χ3v) is 4.03. The van der Waals surface area contributed by atoms with E-state index in [1.54, 1.807) is 0 Å². The molecule has 5 nitrogen and oxygen atoms in total. The Balaban J connectivity index is 1.80. The fraction of sp³-hybridized carbons (Fsp3) is 0.375. The highest BCUT2D eigenvalue weighted by Crippen LogP contribution is 2.21. The molecule has 1 aliphatic heterocycles. The molecule has 5 heteroatoms. The lowest BCUT2D eigenvalue weighted by atomic mass is 10.1. The van der Waals surface area contributed by atoms with E-state index < -0.39 is 0 Å². The summed E-state index contributed by atoms with van der Waals surface area (Å²) in [5.74, 6) is 0. The highest BCUT2D eigenvalue weighted by molar-refractivity contribution is 5.31. The van der Waals surface area contributed by atoms with Crippen molar-refractivity contribution >= 4 is 0 Å². The van der Waals surface area contributed by atoms with E-state index in [1.807, 2.05) is 36.8 Å². The average Bonchev–Trinajstić information content (AvgIpc) is 2.96. The summed E-state index contributed by atoms with van der Waals surface area (Å²) in [5.41, 5.74) is 3.11. The minimum atomic E-state index is 0.361. The number of nitrogens with zero attached hydrogens (tertiary/aromatic N) is 4. The first-order valence-corrected chi connectivity index (χ1v) is 7.18. The van der Waals surface area contributed by atoms with E-state index in [4.69, 9.17) is 5.26 Å². The number of aromatic nitrogens is 2. The molecule has 1 unspecified atom stereocenters. The van der Waals surface area contributed by atoms with Gasteiger partial charge in [0.15, 0.2) is 0 Å². The average molecular weight is 281 g/mol. The summed E-state index contributed by atoms with van der Waals surface area (Å²) in [6, 6.07) is 10.2. The van der Waals surface area contributed by atoms with Crippen LogP contribution in [0.2, 0.25) is 0 Å². The quantitative estimate of drug-likeness (QED) is 0.923. The van der Waals surface area contributed by atoms with Gasteiger partial charge in [0.1, 0.15) is 0 Å². The molecule has 2 aromatic rings. The van der Waals surface area contributed by atoms with Crippen LogP contribution in [0.15, 0.2) is 36.8 Å². The van der Waals surface area contributed by atoms with Crippen LogP contribution in [0, 0.1) is 11.3 Å². The summed E-state index contributed by atoms with van der Waals surface area (Å²) in [7, 11) is 2.16. The Morgan fingerprint density at radius 2 is 2.19 bits per heavy atom. The smallest absolute Gasteiger partial charge is 0.0991 e. The number of benzene rings is 1. The fourth-order valence-electron chi connectivity index (χ4n) is 2.76. The van der Waals surface area contributed by atoms with Crippen molar-refractivity contribution in [3.05, 3.63) is 53.6 Å². The molecule has 2 heterocycles. The van der Waals surface area contributed by atoms with Gasteiger partial charge in [-0.15, -0.1) is 0 Å². The van der Waals surface area contributed by atoms with Crippen LogP contribution in [-0.4, -0.2) is 41.1 Å². The van der Waals surface area contributed by atoms with Crippen LogP contribution < -0.4 is 5.32 Å². The van der Waals surface area contributed by atoms with Gasteiger partial charge < -0.3 is 9.88 Å². The molecule has 0 spiro atoms. The summed E-state index contributed by atoms with van der Waals surface area (Å²) in [4.78, 5) is 6.68. The molecule has 0 radical (unpaired) electrons. The molecule has 1 fully saturated rings. The lowest BCUT2D eigenvalue weighted by Crippen LogP contribution is -2.44. The predicted molar refractivity (Wildman–Crippen MR) is 80.7 cm³/mol. The molecule has 0 aliphatic carbocycles. The van der Waals surface area contributed by atoms with Crippen LogP contribution in [0.25, 0.3) is 0 Å². The Bertz CT molecular complexity index is 637. The molecular formula is C16H19N5. The van der Waals surface area contributed by atoms with Gasteiger partial charge in [0.25, 0.3) is 0 Å². The van der Waals surface area contributed by atoms with Crippen molar-refractivity contribution in [1.82, 2.24) is 19.8 Å². The second-order valence-electron chi connectivity index (χ2n) is 5.46. The van der Waals surface area contributed by atoms with Crippen molar-refractivity contribution in [1.29, 1.82) is 5.26 Å². The van der Waals surface area contributed by atoms with Crippen molar-refractivity contribution < 1.29 is 0 Å². The van der Waals surface area contributed by atoms with E-state index in [1.165, 1.54) is 11.3 Å². The number of imidazole rings is 1. The first kappa shape index (κ1) is 13.8. The predicted octanol–water partition coefficient (Wildman–Crippen LogP) is 1.38. The molecule has 1 aliphatic rings. The zero-order valence-corrected chi connectivity index (χ0v) is 12.2. The first-order valence-electron chi connectivity index (χ1n) is 7.18. The SMILES string of the molecule is CN1CCNCC1c1cncn1Cc1ccc(C#N)cc1.